The summed E-state index contributed by atoms with van der Waals surface area (Å²) in [6.45, 7) is 4.24. The molecular formula is C9H16ClN. The zero-order valence-corrected chi connectivity index (χ0v) is 8.15. The Balaban J connectivity index is 0. The summed E-state index contributed by atoms with van der Waals surface area (Å²) in [4.78, 5) is 0. The van der Waals surface area contributed by atoms with Crippen molar-refractivity contribution in [3.05, 3.63) is 35.4 Å². The monoisotopic (exact) mass is 173 g/mol. The van der Waals surface area contributed by atoms with Crippen molar-refractivity contribution in [2.24, 2.45) is 0 Å². The molecule has 3 N–H and O–H groups in total. The first kappa shape index (κ1) is 13.1. The molecule has 0 unspecified atom stereocenters. The van der Waals surface area contributed by atoms with Crippen LogP contribution in [-0.2, 0) is 0 Å². The normalized spacial score (nSPS) is 7.27. The Hall–Kier alpha value is -0.530. The maximum absolute atomic E-state index is 4.64. The summed E-state index contributed by atoms with van der Waals surface area (Å²) in [5.74, 6) is 0. The minimum absolute atomic E-state index is 0. The zero-order chi connectivity index (χ0) is 7.98. The van der Waals surface area contributed by atoms with Gasteiger partial charge in [0.1, 0.15) is 0 Å². The highest BCUT2D eigenvalue weighted by molar-refractivity contribution is 6.15. The molecule has 2 heteroatoms. The van der Waals surface area contributed by atoms with Gasteiger partial charge in [0.05, 0.1) is 0 Å². The number of hydrogen-bond donors (Lipinski definition) is 1. The Morgan fingerprint density at radius 3 is 1.36 bits per heavy atom. The van der Waals surface area contributed by atoms with Crippen molar-refractivity contribution in [2.45, 2.75) is 13.8 Å². The van der Waals surface area contributed by atoms with Gasteiger partial charge in [-0.05, 0) is 25.0 Å². The average Bonchev–Trinajstić information content (AvgIpc) is 2.00. The molecule has 0 fully saturated rings. The molecule has 0 heterocycles. The summed E-state index contributed by atoms with van der Waals surface area (Å²) >= 11 is 4.64. The van der Waals surface area contributed by atoms with Gasteiger partial charge in [-0.15, -0.1) is 11.6 Å². The fraction of sp³-hybridized carbons (Fsp3) is 0.333. The molecule has 0 aliphatic rings. The first-order chi connectivity index (χ1) is 4.80. The fourth-order valence-electron chi connectivity index (χ4n) is 0.663. The molecule has 0 saturated heterocycles. The number of halogens is 1. The Morgan fingerprint density at radius 1 is 0.909 bits per heavy atom. The van der Waals surface area contributed by atoms with E-state index < -0.39 is 0 Å². The summed E-state index contributed by atoms with van der Waals surface area (Å²) in [7, 11) is 0. The molecule has 0 aliphatic heterocycles. The van der Waals surface area contributed by atoms with E-state index in [1.165, 1.54) is 17.5 Å². The number of rotatable bonds is 0. The SMILES string of the molecule is CCl.Cc1ccccc1C.N. The van der Waals surface area contributed by atoms with E-state index in [2.05, 4.69) is 49.7 Å². The topological polar surface area (TPSA) is 35.0 Å². The molecule has 11 heavy (non-hydrogen) atoms. The van der Waals surface area contributed by atoms with Gasteiger partial charge in [-0.3, -0.25) is 0 Å². The summed E-state index contributed by atoms with van der Waals surface area (Å²) in [5, 5.41) is 0. The molecule has 0 bridgehead atoms. The number of benzene rings is 1. The molecule has 1 nitrogen and oxygen atoms in total. The third kappa shape index (κ3) is 4.82. The Labute approximate surface area is 74.0 Å². The lowest BCUT2D eigenvalue weighted by molar-refractivity contribution is 1.34. The van der Waals surface area contributed by atoms with Gasteiger partial charge in [0.25, 0.3) is 0 Å². The largest absolute Gasteiger partial charge is 0.344 e. The van der Waals surface area contributed by atoms with Gasteiger partial charge in [0.15, 0.2) is 0 Å². The van der Waals surface area contributed by atoms with E-state index in [1.54, 1.807) is 0 Å². The van der Waals surface area contributed by atoms with Crippen LogP contribution in [0.25, 0.3) is 0 Å². The summed E-state index contributed by atoms with van der Waals surface area (Å²) in [6, 6.07) is 8.36. The van der Waals surface area contributed by atoms with Gasteiger partial charge in [0, 0.05) is 6.38 Å². The van der Waals surface area contributed by atoms with Crippen molar-refractivity contribution in [1.82, 2.24) is 6.15 Å². The first-order valence-electron chi connectivity index (χ1n) is 3.21. The number of aryl methyl sites for hydroxylation is 2. The number of hydrogen-bond acceptors (Lipinski definition) is 1. The smallest absolute Gasteiger partial charge is 0.0108 e. The van der Waals surface area contributed by atoms with Gasteiger partial charge in [-0.2, -0.15) is 0 Å². The van der Waals surface area contributed by atoms with E-state index in [0.717, 1.165) is 0 Å². The van der Waals surface area contributed by atoms with Gasteiger partial charge in [-0.25, -0.2) is 0 Å². The molecule has 0 aliphatic carbocycles. The van der Waals surface area contributed by atoms with Crippen LogP contribution < -0.4 is 6.15 Å². The van der Waals surface area contributed by atoms with Crippen molar-refractivity contribution < 1.29 is 0 Å². The summed E-state index contributed by atoms with van der Waals surface area (Å²) < 4.78 is 0. The van der Waals surface area contributed by atoms with E-state index in [0.29, 0.717) is 0 Å². The Morgan fingerprint density at radius 2 is 1.18 bits per heavy atom. The average molecular weight is 174 g/mol. The summed E-state index contributed by atoms with van der Waals surface area (Å²) in [6.07, 6.45) is 1.47. The van der Waals surface area contributed by atoms with Crippen molar-refractivity contribution in [2.75, 3.05) is 6.38 Å². The summed E-state index contributed by atoms with van der Waals surface area (Å²) in [5.41, 5.74) is 2.74. The molecule has 0 atom stereocenters. The van der Waals surface area contributed by atoms with Crippen LogP contribution in [0.4, 0.5) is 0 Å². The third-order valence-corrected chi connectivity index (χ3v) is 1.43. The van der Waals surface area contributed by atoms with Gasteiger partial charge in [-0.1, -0.05) is 24.3 Å². The highest BCUT2D eigenvalue weighted by Gasteiger charge is 1.83. The second-order valence-electron chi connectivity index (χ2n) is 2.08. The van der Waals surface area contributed by atoms with Crippen LogP contribution >= 0.6 is 11.6 Å². The molecule has 1 aromatic carbocycles. The fourth-order valence-corrected chi connectivity index (χ4v) is 0.663. The van der Waals surface area contributed by atoms with E-state index >= 15 is 0 Å². The second-order valence-corrected chi connectivity index (χ2v) is 2.08. The third-order valence-electron chi connectivity index (χ3n) is 1.43. The van der Waals surface area contributed by atoms with Crippen LogP contribution in [0.5, 0.6) is 0 Å². The van der Waals surface area contributed by atoms with Crippen LogP contribution in [0.15, 0.2) is 24.3 Å². The minimum atomic E-state index is 0. The molecule has 64 valence electrons. The predicted octanol–water partition coefficient (Wildman–Crippen LogP) is 3.32. The number of alkyl halides is 1. The molecule has 0 amide bonds. The first-order valence-corrected chi connectivity index (χ1v) is 3.96. The lowest BCUT2D eigenvalue weighted by Gasteiger charge is -1.93. The Bertz CT molecular complexity index is 166. The maximum atomic E-state index is 4.64. The van der Waals surface area contributed by atoms with E-state index in [9.17, 15) is 0 Å². The zero-order valence-electron chi connectivity index (χ0n) is 7.39. The maximum Gasteiger partial charge on any atom is 0.0108 e. The van der Waals surface area contributed by atoms with Crippen LogP contribution in [0.2, 0.25) is 0 Å². The molecular weight excluding hydrogens is 158 g/mol. The predicted molar refractivity (Wildman–Crippen MR) is 52.7 cm³/mol. The van der Waals surface area contributed by atoms with Crippen LogP contribution in [0.3, 0.4) is 0 Å². The highest BCUT2D eigenvalue weighted by Crippen LogP contribution is 2.02. The Kier molecular flexibility index (Phi) is 9.01. The molecule has 0 radical (unpaired) electrons. The molecule has 0 saturated carbocycles. The van der Waals surface area contributed by atoms with Gasteiger partial charge < -0.3 is 6.15 Å². The van der Waals surface area contributed by atoms with Crippen LogP contribution in [0, 0.1) is 13.8 Å². The van der Waals surface area contributed by atoms with Gasteiger partial charge in [0.2, 0.25) is 0 Å². The standard InChI is InChI=1S/C8H10.CH3Cl.H3N/c1-7-5-3-4-6-8(7)2;1-2;/h3-6H,1-2H3;1H3;1H3. The quantitative estimate of drug-likeness (QED) is 0.601. The lowest BCUT2D eigenvalue weighted by atomic mass is 10.1. The van der Waals surface area contributed by atoms with E-state index in [1.807, 2.05) is 0 Å². The molecule has 0 aromatic heterocycles. The second kappa shape index (κ2) is 7.58. The lowest BCUT2D eigenvalue weighted by Crippen LogP contribution is -1.74. The van der Waals surface area contributed by atoms with Crippen LogP contribution in [0.1, 0.15) is 11.1 Å². The van der Waals surface area contributed by atoms with Gasteiger partial charge >= 0.3 is 0 Å². The van der Waals surface area contributed by atoms with Crippen molar-refractivity contribution >= 4 is 11.6 Å². The van der Waals surface area contributed by atoms with E-state index in [-0.39, 0.29) is 6.15 Å². The van der Waals surface area contributed by atoms with E-state index in [4.69, 9.17) is 0 Å². The molecule has 1 rings (SSSR count). The molecule has 1 aromatic rings. The van der Waals surface area contributed by atoms with Crippen molar-refractivity contribution in [3.63, 3.8) is 0 Å². The van der Waals surface area contributed by atoms with Crippen molar-refractivity contribution in [3.8, 4) is 0 Å². The minimum Gasteiger partial charge on any atom is -0.344 e. The van der Waals surface area contributed by atoms with Crippen LogP contribution in [-0.4, -0.2) is 6.38 Å². The molecule has 0 spiro atoms. The van der Waals surface area contributed by atoms with Crippen molar-refractivity contribution in [1.29, 1.82) is 0 Å². The highest BCUT2D eigenvalue weighted by atomic mass is 35.5.